The number of nitrogens with zero attached hydrogens (tertiary/aromatic N) is 1. The number of halogens is 1. The number of hydrogen-bond donors (Lipinski definition) is 2. The summed E-state index contributed by atoms with van der Waals surface area (Å²) >= 11 is 3.41. The van der Waals surface area contributed by atoms with Crippen molar-refractivity contribution in [2.24, 2.45) is 5.10 Å². The van der Waals surface area contributed by atoms with Crippen LogP contribution in [0.5, 0.6) is 5.75 Å². The van der Waals surface area contributed by atoms with Gasteiger partial charge in [0.05, 0.1) is 6.21 Å². The van der Waals surface area contributed by atoms with Crippen molar-refractivity contribution in [3.63, 3.8) is 0 Å². The Morgan fingerprint density at radius 1 is 0.968 bits per heavy atom. The second kappa shape index (κ2) is 11.1. The summed E-state index contributed by atoms with van der Waals surface area (Å²) in [5, 5.41) is 6.45. The van der Waals surface area contributed by atoms with Crippen LogP contribution in [-0.4, -0.2) is 18.0 Å². The average Bonchev–Trinajstić information content (AvgIpc) is 2.79. The Bertz CT molecular complexity index is 1070. The van der Waals surface area contributed by atoms with Crippen molar-refractivity contribution in [3.8, 4) is 5.75 Å². The van der Waals surface area contributed by atoms with E-state index >= 15 is 0 Å². The molecule has 7 heteroatoms. The molecule has 0 unspecified atom stereocenters. The minimum Gasteiger partial charge on any atom is -0.488 e. The Hall–Kier alpha value is -3.45. The number of benzene rings is 3. The van der Waals surface area contributed by atoms with Crippen molar-refractivity contribution in [2.45, 2.75) is 20.0 Å². The van der Waals surface area contributed by atoms with E-state index in [9.17, 15) is 9.59 Å². The molecule has 0 saturated carbocycles. The molecule has 158 valence electrons. The molecule has 0 saturated heterocycles. The molecule has 0 bridgehead atoms. The van der Waals surface area contributed by atoms with Crippen LogP contribution < -0.4 is 15.5 Å². The standard InChI is InChI=1S/C24H22BrN3O3/c1-2-17-8-11-21(12-9-17)27-23(29)24(30)28-26-15-19-14-20(25)10-13-22(19)31-16-18-6-4-3-5-7-18/h3-15H,2,16H2,1H3,(H,27,29)(H,28,30)/b26-15+. The molecule has 0 aliphatic heterocycles. The lowest BCUT2D eigenvalue weighted by Gasteiger charge is -2.09. The maximum atomic E-state index is 12.1. The fraction of sp³-hybridized carbons (Fsp3) is 0.125. The summed E-state index contributed by atoms with van der Waals surface area (Å²) in [6, 6.07) is 22.6. The molecular weight excluding hydrogens is 458 g/mol. The van der Waals surface area contributed by atoms with Crippen molar-refractivity contribution in [2.75, 3.05) is 5.32 Å². The van der Waals surface area contributed by atoms with Gasteiger partial charge in [0.2, 0.25) is 0 Å². The maximum absolute atomic E-state index is 12.1. The zero-order chi connectivity index (χ0) is 22.1. The van der Waals surface area contributed by atoms with E-state index in [1.165, 1.54) is 6.21 Å². The summed E-state index contributed by atoms with van der Waals surface area (Å²) in [6.45, 7) is 2.44. The summed E-state index contributed by atoms with van der Waals surface area (Å²) in [6.07, 6.45) is 2.34. The third-order valence-electron chi connectivity index (χ3n) is 4.41. The van der Waals surface area contributed by atoms with Gasteiger partial charge < -0.3 is 10.1 Å². The fourth-order valence-electron chi connectivity index (χ4n) is 2.71. The largest absolute Gasteiger partial charge is 0.488 e. The van der Waals surface area contributed by atoms with Gasteiger partial charge in [-0.15, -0.1) is 0 Å². The normalized spacial score (nSPS) is 10.6. The van der Waals surface area contributed by atoms with Gasteiger partial charge in [0, 0.05) is 15.7 Å². The van der Waals surface area contributed by atoms with E-state index in [2.05, 4.69) is 31.8 Å². The number of amides is 2. The summed E-state index contributed by atoms with van der Waals surface area (Å²) in [4.78, 5) is 24.1. The molecule has 0 aliphatic carbocycles. The van der Waals surface area contributed by atoms with Crippen LogP contribution in [-0.2, 0) is 22.6 Å². The first-order valence-electron chi connectivity index (χ1n) is 9.74. The summed E-state index contributed by atoms with van der Waals surface area (Å²) in [5.74, 6) is -1.06. The number of hydrogen-bond acceptors (Lipinski definition) is 4. The second-order valence-electron chi connectivity index (χ2n) is 6.66. The smallest absolute Gasteiger partial charge is 0.329 e. The zero-order valence-corrected chi connectivity index (χ0v) is 18.6. The summed E-state index contributed by atoms with van der Waals surface area (Å²) in [5.41, 5.74) is 5.62. The van der Waals surface area contributed by atoms with Crippen LogP contribution in [0, 0.1) is 0 Å². The number of nitrogens with one attached hydrogen (secondary N) is 2. The van der Waals surface area contributed by atoms with Crippen LogP contribution >= 0.6 is 15.9 Å². The average molecular weight is 480 g/mol. The van der Waals surface area contributed by atoms with Crippen LogP contribution in [0.4, 0.5) is 5.69 Å². The number of anilines is 1. The first-order chi connectivity index (χ1) is 15.0. The quantitative estimate of drug-likeness (QED) is 0.293. The molecule has 0 aliphatic rings. The SMILES string of the molecule is CCc1ccc(NC(=O)C(=O)N/N=C/c2cc(Br)ccc2OCc2ccccc2)cc1. The number of carbonyl (C=O) groups is 2. The molecule has 0 fully saturated rings. The molecule has 0 aromatic heterocycles. The minimum absolute atomic E-state index is 0.398. The molecular formula is C24H22BrN3O3. The predicted octanol–water partition coefficient (Wildman–Crippen LogP) is 4.68. The lowest BCUT2D eigenvalue weighted by molar-refractivity contribution is -0.136. The molecule has 2 amide bonds. The predicted molar refractivity (Wildman–Crippen MR) is 125 cm³/mol. The van der Waals surface area contributed by atoms with Crippen LogP contribution in [0.2, 0.25) is 0 Å². The number of carbonyl (C=O) groups excluding carboxylic acids is 2. The Morgan fingerprint density at radius 2 is 1.71 bits per heavy atom. The van der Waals surface area contributed by atoms with E-state index in [0.717, 1.165) is 22.0 Å². The summed E-state index contributed by atoms with van der Waals surface area (Å²) in [7, 11) is 0. The van der Waals surface area contributed by atoms with Gasteiger partial charge in [0.15, 0.2) is 0 Å². The van der Waals surface area contributed by atoms with Crippen LogP contribution in [0.15, 0.2) is 82.4 Å². The fourth-order valence-corrected chi connectivity index (χ4v) is 3.09. The molecule has 3 rings (SSSR count). The van der Waals surface area contributed by atoms with Gasteiger partial charge in [0.25, 0.3) is 0 Å². The number of hydrazone groups is 1. The molecule has 0 atom stereocenters. The van der Waals surface area contributed by atoms with Crippen molar-refractivity contribution < 1.29 is 14.3 Å². The van der Waals surface area contributed by atoms with Crippen molar-refractivity contribution in [1.29, 1.82) is 0 Å². The molecule has 6 nitrogen and oxygen atoms in total. The molecule has 2 N–H and O–H groups in total. The maximum Gasteiger partial charge on any atom is 0.329 e. The Labute approximate surface area is 189 Å². The van der Waals surface area contributed by atoms with E-state index in [1.54, 1.807) is 12.1 Å². The van der Waals surface area contributed by atoms with Gasteiger partial charge >= 0.3 is 11.8 Å². The molecule has 0 radical (unpaired) electrons. The van der Waals surface area contributed by atoms with Gasteiger partial charge in [0.1, 0.15) is 12.4 Å². The second-order valence-corrected chi connectivity index (χ2v) is 7.58. The highest BCUT2D eigenvalue weighted by Gasteiger charge is 2.13. The number of aryl methyl sites for hydroxylation is 1. The van der Waals surface area contributed by atoms with Crippen molar-refractivity contribution in [3.05, 3.63) is 94.0 Å². The third kappa shape index (κ3) is 6.79. The van der Waals surface area contributed by atoms with E-state index in [-0.39, 0.29) is 0 Å². The third-order valence-corrected chi connectivity index (χ3v) is 4.90. The number of rotatable bonds is 7. The van der Waals surface area contributed by atoms with Crippen molar-refractivity contribution in [1.82, 2.24) is 5.43 Å². The Balaban J connectivity index is 1.59. The monoisotopic (exact) mass is 479 g/mol. The van der Waals surface area contributed by atoms with Crippen molar-refractivity contribution >= 4 is 39.6 Å². The lowest BCUT2D eigenvalue weighted by atomic mass is 10.1. The molecule has 0 spiro atoms. The molecule has 3 aromatic rings. The lowest BCUT2D eigenvalue weighted by Crippen LogP contribution is -2.32. The van der Waals surface area contributed by atoms with E-state index in [0.29, 0.717) is 23.6 Å². The van der Waals surface area contributed by atoms with Crippen LogP contribution in [0.3, 0.4) is 0 Å². The van der Waals surface area contributed by atoms with Gasteiger partial charge in [-0.3, -0.25) is 9.59 Å². The number of ether oxygens (including phenoxy) is 1. The summed E-state index contributed by atoms with van der Waals surface area (Å²) < 4.78 is 6.71. The van der Waals surface area contributed by atoms with Crippen LogP contribution in [0.1, 0.15) is 23.6 Å². The van der Waals surface area contributed by atoms with E-state index in [4.69, 9.17) is 4.74 Å². The van der Waals surface area contributed by atoms with E-state index < -0.39 is 11.8 Å². The Morgan fingerprint density at radius 3 is 2.42 bits per heavy atom. The van der Waals surface area contributed by atoms with Gasteiger partial charge in [-0.2, -0.15) is 5.10 Å². The van der Waals surface area contributed by atoms with Gasteiger partial charge in [-0.1, -0.05) is 65.3 Å². The highest BCUT2D eigenvalue weighted by molar-refractivity contribution is 9.10. The highest BCUT2D eigenvalue weighted by Crippen LogP contribution is 2.22. The molecule has 3 aromatic carbocycles. The zero-order valence-electron chi connectivity index (χ0n) is 17.0. The topological polar surface area (TPSA) is 79.8 Å². The molecule has 0 heterocycles. The Kier molecular flexibility index (Phi) is 7.95. The highest BCUT2D eigenvalue weighted by atomic mass is 79.9. The first kappa shape index (κ1) is 22.2. The van der Waals surface area contributed by atoms with Gasteiger partial charge in [-0.25, -0.2) is 5.43 Å². The molecule has 31 heavy (non-hydrogen) atoms. The first-order valence-corrected chi connectivity index (χ1v) is 10.5. The van der Waals surface area contributed by atoms with E-state index in [1.807, 2.05) is 67.6 Å². The van der Waals surface area contributed by atoms with Gasteiger partial charge in [-0.05, 0) is 47.9 Å². The van der Waals surface area contributed by atoms with Crippen LogP contribution in [0.25, 0.3) is 0 Å². The minimum atomic E-state index is -0.863.